The third-order valence-electron chi connectivity index (χ3n) is 7.09. The molecule has 1 aromatic carbocycles. The molecule has 0 amide bonds. The Morgan fingerprint density at radius 1 is 0.562 bits per heavy atom. The van der Waals surface area contributed by atoms with Crippen LogP contribution >= 0.6 is 0 Å². The molecule has 2 saturated carbocycles. The van der Waals surface area contributed by atoms with Gasteiger partial charge in [-0.15, -0.1) is 0 Å². The Bertz CT molecular complexity index is 776. The van der Waals surface area contributed by atoms with E-state index < -0.39 is 0 Å². The van der Waals surface area contributed by atoms with Crippen molar-refractivity contribution in [2.45, 2.75) is 115 Å². The van der Waals surface area contributed by atoms with E-state index in [1.165, 1.54) is 103 Å². The molecule has 32 heavy (non-hydrogen) atoms. The molecule has 1 aromatic heterocycles. The van der Waals surface area contributed by atoms with Crippen LogP contribution in [0.5, 0.6) is 0 Å². The molecule has 0 atom stereocenters. The second-order valence-corrected chi connectivity index (χ2v) is 9.77. The van der Waals surface area contributed by atoms with E-state index in [9.17, 15) is 0 Å². The Labute approximate surface area is 194 Å². The van der Waals surface area contributed by atoms with Gasteiger partial charge in [0.15, 0.2) is 0 Å². The topological polar surface area (TPSA) is 62.7 Å². The number of aromatic nitrogens is 3. The maximum absolute atomic E-state index is 5.00. The number of hydrogen-bond acceptors (Lipinski definition) is 5. The molecular formula is C27H41N5. The van der Waals surface area contributed by atoms with Crippen molar-refractivity contribution >= 4 is 17.6 Å². The van der Waals surface area contributed by atoms with Crippen molar-refractivity contribution in [3.05, 3.63) is 36.2 Å². The van der Waals surface area contributed by atoms with Crippen LogP contribution in [0.3, 0.4) is 0 Å². The zero-order valence-corrected chi connectivity index (χ0v) is 19.7. The lowest BCUT2D eigenvalue weighted by atomic mass is 9.91. The van der Waals surface area contributed by atoms with Crippen LogP contribution in [0.4, 0.5) is 17.6 Å². The molecule has 1 heterocycles. The van der Waals surface area contributed by atoms with Gasteiger partial charge in [-0.25, -0.2) is 0 Å². The molecule has 2 aliphatic rings. The van der Waals surface area contributed by atoms with Gasteiger partial charge in [-0.2, -0.15) is 15.0 Å². The fraction of sp³-hybridized carbons (Fsp3) is 0.667. The van der Waals surface area contributed by atoms with Gasteiger partial charge >= 0.3 is 0 Å². The first-order valence-corrected chi connectivity index (χ1v) is 13.2. The Kier molecular flexibility index (Phi) is 9.17. The monoisotopic (exact) mass is 435 g/mol. The highest BCUT2D eigenvalue weighted by atomic mass is 15.2. The fourth-order valence-electron chi connectivity index (χ4n) is 5.20. The summed E-state index contributed by atoms with van der Waals surface area (Å²) in [7, 11) is 0. The molecule has 0 radical (unpaired) electrons. The zero-order valence-electron chi connectivity index (χ0n) is 19.7. The lowest BCUT2D eigenvalue weighted by molar-refractivity contribution is 0.448. The van der Waals surface area contributed by atoms with Crippen LogP contribution in [-0.2, 0) is 0 Å². The maximum atomic E-state index is 5.00. The average Bonchev–Trinajstić information content (AvgIpc) is 2.79. The molecule has 2 fully saturated rings. The summed E-state index contributed by atoms with van der Waals surface area (Å²) in [5.74, 6) is 2.85. The lowest BCUT2D eigenvalue weighted by Crippen LogP contribution is -2.23. The van der Waals surface area contributed by atoms with Gasteiger partial charge in [0.05, 0.1) is 0 Å². The van der Waals surface area contributed by atoms with E-state index >= 15 is 0 Å². The second-order valence-electron chi connectivity index (χ2n) is 9.77. The van der Waals surface area contributed by atoms with Crippen LogP contribution in [0.25, 0.3) is 0 Å². The predicted molar refractivity (Wildman–Crippen MR) is 134 cm³/mol. The van der Waals surface area contributed by atoms with Crippen molar-refractivity contribution in [1.82, 2.24) is 15.0 Å². The first kappa shape index (κ1) is 23.0. The Balaban J connectivity index is 1.55. The summed E-state index contributed by atoms with van der Waals surface area (Å²) >= 11 is 0. The molecule has 0 aliphatic heterocycles. The van der Waals surface area contributed by atoms with Crippen LogP contribution in [0.2, 0.25) is 0 Å². The van der Waals surface area contributed by atoms with Gasteiger partial charge in [-0.1, -0.05) is 95.2 Å². The number of nitrogens with one attached hydrogen (secondary N) is 2. The predicted octanol–water partition coefficient (Wildman–Crippen LogP) is 7.75. The number of para-hydroxylation sites is 1. The SMILES string of the molecule is c1ccc(Nc2nc(NC3CCCCCCC3)nc(C3CCCCCCCCC3)n2)cc1. The van der Waals surface area contributed by atoms with Crippen molar-refractivity contribution in [1.29, 1.82) is 0 Å². The first-order chi connectivity index (χ1) is 15.9. The van der Waals surface area contributed by atoms with Gasteiger partial charge in [0, 0.05) is 17.6 Å². The number of benzene rings is 1. The molecule has 0 bridgehead atoms. The van der Waals surface area contributed by atoms with Gasteiger partial charge in [0.2, 0.25) is 11.9 Å². The van der Waals surface area contributed by atoms with Gasteiger partial charge in [-0.05, 0) is 37.8 Å². The summed E-state index contributed by atoms with van der Waals surface area (Å²) in [4.78, 5) is 14.7. The summed E-state index contributed by atoms with van der Waals surface area (Å²) in [5, 5.41) is 7.13. The van der Waals surface area contributed by atoms with Crippen LogP contribution in [0, 0.1) is 0 Å². The number of hydrogen-bond donors (Lipinski definition) is 2. The Morgan fingerprint density at radius 3 is 1.72 bits per heavy atom. The minimum absolute atomic E-state index is 0.435. The van der Waals surface area contributed by atoms with Crippen LogP contribution in [-0.4, -0.2) is 21.0 Å². The average molecular weight is 436 g/mol. The van der Waals surface area contributed by atoms with E-state index in [-0.39, 0.29) is 0 Å². The third-order valence-corrected chi connectivity index (χ3v) is 7.09. The summed E-state index contributed by atoms with van der Waals surface area (Å²) in [6.45, 7) is 0. The van der Waals surface area contributed by atoms with Crippen molar-refractivity contribution in [2.24, 2.45) is 0 Å². The molecule has 174 valence electrons. The van der Waals surface area contributed by atoms with E-state index in [1.54, 1.807) is 0 Å². The van der Waals surface area contributed by atoms with Crippen LogP contribution < -0.4 is 10.6 Å². The van der Waals surface area contributed by atoms with E-state index in [0.717, 1.165) is 17.5 Å². The third kappa shape index (κ3) is 7.46. The number of rotatable bonds is 5. The zero-order chi connectivity index (χ0) is 21.8. The summed E-state index contributed by atoms with van der Waals surface area (Å²) in [6, 6.07) is 10.7. The smallest absolute Gasteiger partial charge is 0.232 e. The number of nitrogens with zero attached hydrogens (tertiary/aromatic N) is 3. The highest BCUT2D eigenvalue weighted by Crippen LogP contribution is 2.30. The maximum Gasteiger partial charge on any atom is 0.232 e. The Hall–Kier alpha value is -2.17. The normalized spacial score (nSPS) is 20.1. The first-order valence-electron chi connectivity index (χ1n) is 13.2. The van der Waals surface area contributed by atoms with E-state index in [0.29, 0.717) is 17.9 Å². The fourth-order valence-corrected chi connectivity index (χ4v) is 5.20. The molecule has 5 heteroatoms. The highest BCUT2D eigenvalue weighted by Gasteiger charge is 2.20. The van der Waals surface area contributed by atoms with Crippen molar-refractivity contribution in [3.63, 3.8) is 0 Å². The van der Waals surface area contributed by atoms with Crippen molar-refractivity contribution in [3.8, 4) is 0 Å². The van der Waals surface area contributed by atoms with Gasteiger partial charge in [0.1, 0.15) is 5.82 Å². The minimum Gasteiger partial charge on any atom is -0.351 e. The molecule has 0 saturated heterocycles. The second kappa shape index (κ2) is 12.8. The summed E-state index contributed by atoms with van der Waals surface area (Å²) < 4.78 is 0. The molecule has 2 aliphatic carbocycles. The van der Waals surface area contributed by atoms with E-state index in [4.69, 9.17) is 15.0 Å². The summed E-state index contributed by atoms with van der Waals surface area (Å²) in [5.41, 5.74) is 1.02. The van der Waals surface area contributed by atoms with E-state index in [2.05, 4.69) is 22.8 Å². The molecule has 0 spiro atoms. The quantitative estimate of drug-likeness (QED) is 0.502. The lowest BCUT2D eigenvalue weighted by Gasteiger charge is -2.23. The largest absolute Gasteiger partial charge is 0.351 e. The number of anilines is 3. The highest BCUT2D eigenvalue weighted by molar-refractivity contribution is 5.53. The molecule has 2 N–H and O–H groups in total. The molecule has 4 rings (SSSR count). The van der Waals surface area contributed by atoms with Crippen LogP contribution in [0.1, 0.15) is 114 Å². The van der Waals surface area contributed by atoms with Crippen molar-refractivity contribution in [2.75, 3.05) is 10.6 Å². The Morgan fingerprint density at radius 2 is 1.09 bits per heavy atom. The molecule has 2 aromatic rings. The summed E-state index contributed by atoms with van der Waals surface area (Å²) in [6.07, 6.45) is 20.9. The van der Waals surface area contributed by atoms with E-state index in [1.807, 2.05) is 18.2 Å². The van der Waals surface area contributed by atoms with Gasteiger partial charge in [-0.3, -0.25) is 0 Å². The van der Waals surface area contributed by atoms with Gasteiger partial charge in [0.25, 0.3) is 0 Å². The van der Waals surface area contributed by atoms with Crippen LogP contribution in [0.15, 0.2) is 30.3 Å². The molecular weight excluding hydrogens is 394 g/mol. The van der Waals surface area contributed by atoms with Crippen molar-refractivity contribution < 1.29 is 0 Å². The molecule has 5 nitrogen and oxygen atoms in total. The molecule has 0 unspecified atom stereocenters. The van der Waals surface area contributed by atoms with Gasteiger partial charge < -0.3 is 10.6 Å². The minimum atomic E-state index is 0.435. The standard InChI is InChI=1S/C27H41N5/c1-2-5-10-16-22(17-11-6-3-1)25-30-26(28-23-18-12-7-4-8-13-19-23)32-27(31-25)29-24-20-14-9-15-21-24/h9,14-15,20-23H,1-8,10-13,16-19H2,(H2,28,29,30,31,32).